The van der Waals surface area contributed by atoms with Crippen LogP contribution in [0.25, 0.3) is 0 Å². The van der Waals surface area contributed by atoms with E-state index in [-0.39, 0.29) is 12.6 Å². The Labute approximate surface area is 128 Å². The second-order valence-electron chi connectivity index (χ2n) is 6.02. The summed E-state index contributed by atoms with van der Waals surface area (Å²) in [7, 11) is -3.67. The molecule has 1 N–H and O–H groups in total. The quantitative estimate of drug-likeness (QED) is 0.875. The molecule has 1 fully saturated rings. The smallest absolute Gasteiger partial charge is 0.253 e. The summed E-state index contributed by atoms with van der Waals surface area (Å²) >= 11 is 0. The van der Waals surface area contributed by atoms with E-state index in [4.69, 9.17) is 4.18 Å². The molecular weight excluding hydrogens is 286 g/mol. The Hall–Kier alpha value is -0.910. The van der Waals surface area contributed by atoms with Crippen molar-refractivity contribution < 1.29 is 12.6 Å². The first-order valence-corrected chi connectivity index (χ1v) is 9.13. The Balaban J connectivity index is 1.95. The lowest BCUT2D eigenvalue weighted by atomic mass is 9.96. The van der Waals surface area contributed by atoms with Gasteiger partial charge in [0.25, 0.3) is 0 Å². The van der Waals surface area contributed by atoms with E-state index in [1.165, 1.54) is 6.42 Å². The fraction of sp³-hybridized carbons (Fsp3) is 0.625. The lowest BCUT2D eigenvalue weighted by Gasteiger charge is -2.22. The highest BCUT2D eigenvalue weighted by Gasteiger charge is 2.21. The molecule has 0 aliphatic heterocycles. The maximum atomic E-state index is 12.0. The van der Waals surface area contributed by atoms with Crippen LogP contribution in [-0.2, 0) is 21.1 Å². The maximum absolute atomic E-state index is 12.0. The van der Waals surface area contributed by atoms with Gasteiger partial charge in [0, 0.05) is 6.04 Å². The van der Waals surface area contributed by atoms with Gasteiger partial charge in [-0.15, -0.1) is 0 Å². The van der Waals surface area contributed by atoms with E-state index < -0.39 is 10.3 Å². The summed E-state index contributed by atoms with van der Waals surface area (Å²) in [6.45, 7) is 4.28. The van der Waals surface area contributed by atoms with Gasteiger partial charge in [-0.05, 0) is 29.9 Å². The number of nitrogens with one attached hydrogen (secondary N) is 1. The Morgan fingerprint density at radius 1 is 1.19 bits per heavy atom. The van der Waals surface area contributed by atoms with Gasteiger partial charge in [0.1, 0.15) is 0 Å². The zero-order valence-electron chi connectivity index (χ0n) is 12.8. The SMILES string of the molecule is CC(C)c1ccccc1COS(=O)(=O)NC1CCCCC1. The zero-order chi connectivity index (χ0) is 15.3. The predicted molar refractivity (Wildman–Crippen MR) is 84.2 cm³/mol. The van der Waals surface area contributed by atoms with Gasteiger partial charge in [-0.2, -0.15) is 13.1 Å². The van der Waals surface area contributed by atoms with Crippen molar-refractivity contribution in [1.29, 1.82) is 0 Å². The third kappa shape index (κ3) is 5.09. The Morgan fingerprint density at radius 3 is 2.52 bits per heavy atom. The first kappa shape index (κ1) is 16.5. The lowest BCUT2D eigenvalue weighted by molar-refractivity contribution is 0.289. The molecule has 0 bridgehead atoms. The van der Waals surface area contributed by atoms with Crippen LogP contribution in [0.4, 0.5) is 0 Å². The van der Waals surface area contributed by atoms with Crippen LogP contribution in [0.5, 0.6) is 0 Å². The summed E-state index contributed by atoms with van der Waals surface area (Å²) in [4.78, 5) is 0. The second-order valence-corrected chi connectivity index (χ2v) is 7.40. The summed E-state index contributed by atoms with van der Waals surface area (Å²) in [6.07, 6.45) is 5.18. The third-order valence-corrected chi connectivity index (χ3v) is 5.01. The summed E-state index contributed by atoms with van der Waals surface area (Å²) in [5, 5.41) is 0. The van der Waals surface area contributed by atoms with E-state index >= 15 is 0 Å². The lowest BCUT2D eigenvalue weighted by Crippen LogP contribution is -2.37. The van der Waals surface area contributed by atoms with Crippen LogP contribution in [-0.4, -0.2) is 14.5 Å². The van der Waals surface area contributed by atoms with E-state index in [9.17, 15) is 8.42 Å². The van der Waals surface area contributed by atoms with Gasteiger partial charge in [-0.25, -0.2) is 0 Å². The van der Waals surface area contributed by atoms with Crippen LogP contribution >= 0.6 is 0 Å². The first-order valence-electron chi connectivity index (χ1n) is 7.72. The van der Waals surface area contributed by atoms with Gasteiger partial charge in [-0.1, -0.05) is 57.4 Å². The normalized spacial score (nSPS) is 17.3. The molecule has 0 spiro atoms. The molecule has 1 aromatic rings. The monoisotopic (exact) mass is 311 g/mol. The summed E-state index contributed by atoms with van der Waals surface area (Å²) in [5.74, 6) is 0.346. The molecule has 0 aromatic heterocycles. The van der Waals surface area contributed by atoms with Crippen molar-refractivity contribution in [2.45, 2.75) is 64.5 Å². The number of hydrogen-bond acceptors (Lipinski definition) is 3. The Bertz CT molecular complexity index is 548. The summed E-state index contributed by atoms with van der Waals surface area (Å²) in [6, 6.07) is 7.85. The van der Waals surface area contributed by atoms with Crippen LogP contribution < -0.4 is 4.72 Å². The molecule has 0 amide bonds. The van der Waals surface area contributed by atoms with E-state index in [0.29, 0.717) is 5.92 Å². The van der Waals surface area contributed by atoms with Gasteiger partial charge >= 0.3 is 10.3 Å². The van der Waals surface area contributed by atoms with Gasteiger partial charge in [0.15, 0.2) is 0 Å². The van der Waals surface area contributed by atoms with E-state index in [1.54, 1.807) is 0 Å². The first-order chi connectivity index (χ1) is 9.98. The average Bonchev–Trinajstić information content (AvgIpc) is 2.46. The number of rotatable bonds is 6. The minimum absolute atomic E-state index is 0.0316. The Kier molecular flexibility index (Phi) is 5.79. The van der Waals surface area contributed by atoms with Gasteiger partial charge in [-0.3, -0.25) is 4.18 Å². The van der Waals surface area contributed by atoms with Crippen molar-refractivity contribution in [1.82, 2.24) is 4.72 Å². The van der Waals surface area contributed by atoms with Crippen LogP contribution in [0.15, 0.2) is 24.3 Å². The molecule has 1 aliphatic rings. The second kappa shape index (κ2) is 7.38. The molecule has 4 nitrogen and oxygen atoms in total. The molecule has 0 unspecified atom stereocenters. The standard InChI is InChI=1S/C16H25NO3S/c1-13(2)16-11-7-6-8-14(16)12-20-21(18,19)17-15-9-4-3-5-10-15/h6-8,11,13,15,17H,3-5,9-10,12H2,1-2H3. The van der Waals surface area contributed by atoms with Crippen LogP contribution in [0, 0.1) is 0 Å². The number of benzene rings is 1. The molecule has 1 saturated carbocycles. The largest absolute Gasteiger partial charge is 0.336 e. The highest BCUT2D eigenvalue weighted by atomic mass is 32.2. The van der Waals surface area contributed by atoms with Gasteiger partial charge < -0.3 is 0 Å². The molecule has 1 aromatic carbocycles. The average molecular weight is 311 g/mol. The van der Waals surface area contributed by atoms with Crippen molar-refractivity contribution >= 4 is 10.3 Å². The minimum atomic E-state index is -3.67. The Morgan fingerprint density at radius 2 is 1.86 bits per heavy atom. The topological polar surface area (TPSA) is 55.4 Å². The molecule has 5 heteroatoms. The number of hydrogen-bond donors (Lipinski definition) is 1. The van der Waals surface area contributed by atoms with Crippen molar-refractivity contribution in [3.05, 3.63) is 35.4 Å². The molecule has 1 aliphatic carbocycles. The minimum Gasteiger partial charge on any atom is -0.253 e. The van der Waals surface area contributed by atoms with Crippen LogP contribution in [0.3, 0.4) is 0 Å². The predicted octanol–water partition coefficient (Wildman–Crippen LogP) is 3.49. The fourth-order valence-corrected chi connectivity index (χ4v) is 3.82. The van der Waals surface area contributed by atoms with E-state index in [1.807, 2.05) is 24.3 Å². The molecule has 118 valence electrons. The maximum Gasteiger partial charge on any atom is 0.336 e. The van der Waals surface area contributed by atoms with E-state index in [0.717, 1.165) is 36.8 Å². The molecule has 0 heterocycles. The fourth-order valence-electron chi connectivity index (χ4n) is 2.83. The third-order valence-electron chi connectivity index (χ3n) is 3.96. The molecular formula is C16H25NO3S. The van der Waals surface area contributed by atoms with Crippen molar-refractivity contribution in [2.75, 3.05) is 0 Å². The molecule has 21 heavy (non-hydrogen) atoms. The van der Waals surface area contributed by atoms with Crippen molar-refractivity contribution in [3.63, 3.8) is 0 Å². The van der Waals surface area contributed by atoms with E-state index in [2.05, 4.69) is 18.6 Å². The van der Waals surface area contributed by atoms with Crippen molar-refractivity contribution in [3.8, 4) is 0 Å². The van der Waals surface area contributed by atoms with Gasteiger partial charge in [0.2, 0.25) is 0 Å². The van der Waals surface area contributed by atoms with Crippen LogP contribution in [0.2, 0.25) is 0 Å². The summed E-state index contributed by atoms with van der Waals surface area (Å²) in [5.41, 5.74) is 2.06. The molecule has 0 atom stereocenters. The van der Waals surface area contributed by atoms with Crippen LogP contribution in [0.1, 0.15) is 63.0 Å². The molecule has 0 radical (unpaired) electrons. The van der Waals surface area contributed by atoms with Crippen molar-refractivity contribution in [2.24, 2.45) is 0 Å². The highest BCUT2D eigenvalue weighted by molar-refractivity contribution is 7.84. The molecule has 0 saturated heterocycles. The van der Waals surface area contributed by atoms with Gasteiger partial charge in [0.05, 0.1) is 6.61 Å². The highest BCUT2D eigenvalue weighted by Crippen LogP contribution is 2.21. The summed E-state index contributed by atoms with van der Waals surface area (Å²) < 4.78 is 31.9. The molecule has 2 rings (SSSR count). The zero-order valence-corrected chi connectivity index (χ0v) is 13.7.